The third kappa shape index (κ3) is 5.32. The molecule has 2 aromatic rings. The van der Waals surface area contributed by atoms with E-state index < -0.39 is 10.2 Å². The molecule has 150 valence electrons. The smallest absolute Gasteiger partial charge is 0.282 e. The molecule has 8 heteroatoms. The van der Waals surface area contributed by atoms with E-state index in [1.54, 1.807) is 18.2 Å². The van der Waals surface area contributed by atoms with Crippen LogP contribution in [0.2, 0.25) is 5.02 Å². The fourth-order valence-electron chi connectivity index (χ4n) is 3.10. The maximum atomic E-state index is 12.9. The van der Waals surface area contributed by atoms with Gasteiger partial charge in [0.05, 0.1) is 6.54 Å². The highest BCUT2D eigenvalue weighted by atomic mass is 35.5. The zero-order chi connectivity index (χ0) is 20.1. The Hall–Kier alpha value is -1.93. The first-order chi connectivity index (χ1) is 13.3. The molecular weight excluding hydrogens is 398 g/mol. The van der Waals surface area contributed by atoms with Crippen molar-refractivity contribution in [3.63, 3.8) is 0 Å². The first-order valence-corrected chi connectivity index (χ1v) is 10.9. The quantitative estimate of drug-likeness (QED) is 0.779. The van der Waals surface area contributed by atoms with E-state index in [2.05, 4.69) is 5.32 Å². The number of halogens is 1. The molecule has 1 aliphatic heterocycles. The zero-order valence-corrected chi connectivity index (χ0v) is 17.3. The third-order valence-corrected chi connectivity index (χ3v) is 6.81. The van der Waals surface area contributed by atoms with Gasteiger partial charge >= 0.3 is 0 Å². The van der Waals surface area contributed by atoms with Crippen molar-refractivity contribution < 1.29 is 13.2 Å². The van der Waals surface area contributed by atoms with E-state index in [-0.39, 0.29) is 19.0 Å². The Morgan fingerprint density at radius 2 is 1.79 bits per heavy atom. The predicted molar refractivity (Wildman–Crippen MR) is 110 cm³/mol. The highest BCUT2D eigenvalue weighted by Gasteiger charge is 2.34. The first kappa shape index (κ1) is 20.8. The van der Waals surface area contributed by atoms with Gasteiger partial charge in [-0.05, 0) is 36.6 Å². The van der Waals surface area contributed by atoms with E-state index in [1.807, 2.05) is 37.3 Å². The summed E-state index contributed by atoms with van der Waals surface area (Å²) in [5, 5.41) is 3.36. The summed E-state index contributed by atoms with van der Waals surface area (Å²) in [6, 6.07) is 15.0. The minimum atomic E-state index is -3.70. The Kier molecular flexibility index (Phi) is 6.72. The Labute approximate surface area is 171 Å². The highest BCUT2D eigenvalue weighted by molar-refractivity contribution is 7.86. The molecule has 1 N–H and O–H groups in total. The Morgan fingerprint density at radius 3 is 2.50 bits per heavy atom. The molecule has 2 aromatic carbocycles. The average Bonchev–Trinajstić information content (AvgIpc) is 2.65. The van der Waals surface area contributed by atoms with Crippen LogP contribution in [-0.4, -0.2) is 42.6 Å². The normalized spacial score (nSPS) is 17.4. The van der Waals surface area contributed by atoms with Gasteiger partial charge in [-0.25, -0.2) is 0 Å². The minimum absolute atomic E-state index is 0.180. The molecule has 3 rings (SSSR count). The van der Waals surface area contributed by atoms with Crippen molar-refractivity contribution in [2.45, 2.75) is 26.4 Å². The van der Waals surface area contributed by atoms with Crippen molar-refractivity contribution in [2.24, 2.45) is 0 Å². The van der Waals surface area contributed by atoms with Gasteiger partial charge in [0.15, 0.2) is 0 Å². The lowest BCUT2D eigenvalue weighted by molar-refractivity contribution is -0.121. The molecule has 0 aliphatic carbocycles. The maximum absolute atomic E-state index is 12.9. The van der Waals surface area contributed by atoms with E-state index >= 15 is 0 Å². The van der Waals surface area contributed by atoms with Crippen molar-refractivity contribution in [1.82, 2.24) is 13.9 Å². The molecule has 1 fully saturated rings. The molecule has 1 aliphatic rings. The Balaban J connectivity index is 1.59. The lowest BCUT2D eigenvalue weighted by atomic mass is 10.1. The standard InChI is InChI=1S/C20H24ClN3O3S/c1-16-6-8-17(9-7-16)13-22-20(25)15-24-11-3-10-23(28(24,26)27)14-18-4-2-5-19(21)12-18/h2,4-9,12H,3,10-11,13-15H2,1H3,(H,22,25). The van der Waals surface area contributed by atoms with Gasteiger partial charge in [0.2, 0.25) is 5.91 Å². The van der Waals surface area contributed by atoms with E-state index in [1.165, 1.54) is 8.61 Å². The summed E-state index contributed by atoms with van der Waals surface area (Å²) < 4.78 is 28.4. The fraction of sp³-hybridized carbons (Fsp3) is 0.350. The van der Waals surface area contributed by atoms with Crippen LogP contribution in [0.15, 0.2) is 48.5 Å². The Morgan fingerprint density at radius 1 is 1.07 bits per heavy atom. The lowest BCUT2D eigenvalue weighted by Gasteiger charge is -2.34. The van der Waals surface area contributed by atoms with E-state index in [9.17, 15) is 13.2 Å². The van der Waals surface area contributed by atoms with Crippen molar-refractivity contribution in [1.29, 1.82) is 0 Å². The molecule has 0 radical (unpaired) electrons. The highest BCUT2D eigenvalue weighted by Crippen LogP contribution is 2.20. The lowest BCUT2D eigenvalue weighted by Crippen LogP contribution is -2.52. The molecule has 0 bridgehead atoms. The number of hydrogen-bond donors (Lipinski definition) is 1. The molecule has 0 aromatic heterocycles. The number of carbonyl (C=O) groups excluding carboxylic acids is 1. The molecule has 0 saturated carbocycles. The molecule has 6 nitrogen and oxygen atoms in total. The maximum Gasteiger partial charge on any atom is 0.282 e. The molecule has 0 atom stereocenters. The van der Waals surface area contributed by atoms with Gasteiger partial charge < -0.3 is 5.32 Å². The van der Waals surface area contributed by atoms with Gasteiger partial charge in [0.1, 0.15) is 0 Å². The summed E-state index contributed by atoms with van der Waals surface area (Å²) in [6.07, 6.45) is 0.672. The van der Waals surface area contributed by atoms with Crippen LogP contribution in [-0.2, 0) is 28.1 Å². The van der Waals surface area contributed by atoms with Crippen LogP contribution < -0.4 is 5.32 Å². The number of rotatable bonds is 6. The van der Waals surface area contributed by atoms with Gasteiger partial charge in [-0.15, -0.1) is 0 Å². The van der Waals surface area contributed by atoms with Crippen LogP contribution in [0.1, 0.15) is 23.1 Å². The molecule has 28 heavy (non-hydrogen) atoms. The Bertz CT molecular complexity index is 932. The van der Waals surface area contributed by atoms with Gasteiger partial charge in [0, 0.05) is 31.2 Å². The van der Waals surface area contributed by atoms with Gasteiger partial charge in [-0.1, -0.05) is 53.6 Å². The van der Waals surface area contributed by atoms with Crippen LogP contribution in [0.25, 0.3) is 0 Å². The molecule has 1 amide bonds. The van der Waals surface area contributed by atoms with Gasteiger partial charge in [0.25, 0.3) is 10.2 Å². The number of benzene rings is 2. The van der Waals surface area contributed by atoms with Crippen LogP contribution in [0.4, 0.5) is 0 Å². The SMILES string of the molecule is Cc1ccc(CNC(=O)CN2CCCN(Cc3cccc(Cl)c3)S2(=O)=O)cc1. The summed E-state index contributed by atoms with van der Waals surface area (Å²) in [7, 11) is -3.70. The number of carbonyl (C=O) groups is 1. The first-order valence-electron chi connectivity index (χ1n) is 9.16. The monoisotopic (exact) mass is 421 g/mol. The van der Waals surface area contributed by atoms with Crippen molar-refractivity contribution >= 4 is 27.7 Å². The molecular formula is C20H24ClN3O3S. The van der Waals surface area contributed by atoms with Crippen molar-refractivity contribution in [3.05, 3.63) is 70.2 Å². The average molecular weight is 422 g/mol. The molecule has 1 saturated heterocycles. The second-order valence-corrected chi connectivity index (χ2v) is 9.29. The van der Waals surface area contributed by atoms with Gasteiger partial charge in [-0.3, -0.25) is 4.79 Å². The van der Waals surface area contributed by atoms with Crippen LogP contribution >= 0.6 is 11.6 Å². The van der Waals surface area contributed by atoms with Crippen molar-refractivity contribution in [3.8, 4) is 0 Å². The number of aryl methyl sites for hydroxylation is 1. The number of amides is 1. The van der Waals surface area contributed by atoms with Crippen LogP contribution in [0, 0.1) is 6.92 Å². The molecule has 0 spiro atoms. The summed E-state index contributed by atoms with van der Waals surface area (Å²) in [4.78, 5) is 12.3. The van der Waals surface area contributed by atoms with E-state index in [4.69, 9.17) is 11.6 Å². The third-order valence-electron chi connectivity index (χ3n) is 4.65. The molecule has 1 heterocycles. The summed E-state index contributed by atoms with van der Waals surface area (Å²) in [5.74, 6) is -0.311. The molecule has 0 unspecified atom stereocenters. The second kappa shape index (κ2) is 9.05. The number of nitrogens with zero attached hydrogens (tertiary/aromatic N) is 2. The second-order valence-electron chi connectivity index (χ2n) is 6.92. The summed E-state index contributed by atoms with van der Waals surface area (Å²) in [6.45, 7) is 3.20. The summed E-state index contributed by atoms with van der Waals surface area (Å²) >= 11 is 5.99. The topological polar surface area (TPSA) is 69.7 Å². The largest absolute Gasteiger partial charge is 0.351 e. The zero-order valence-electron chi connectivity index (χ0n) is 15.8. The fourth-order valence-corrected chi connectivity index (χ4v) is 4.95. The van der Waals surface area contributed by atoms with Crippen LogP contribution in [0.3, 0.4) is 0 Å². The minimum Gasteiger partial charge on any atom is -0.351 e. The van der Waals surface area contributed by atoms with E-state index in [0.29, 0.717) is 31.1 Å². The number of hydrogen-bond acceptors (Lipinski definition) is 3. The van der Waals surface area contributed by atoms with Crippen molar-refractivity contribution in [2.75, 3.05) is 19.6 Å². The van der Waals surface area contributed by atoms with Crippen LogP contribution in [0.5, 0.6) is 0 Å². The van der Waals surface area contributed by atoms with E-state index in [0.717, 1.165) is 16.7 Å². The van der Waals surface area contributed by atoms with Gasteiger partial charge in [-0.2, -0.15) is 17.0 Å². The summed E-state index contributed by atoms with van der Waals surface area (Å²) in [5.41, 5.74) is 2.94. The predicted octanol–water partition coefficient (Wildman–Crippen LogP) is 2.72. The number of nitrogens with one attached hydrogen (secondary N) is 1.